The summed E-state index contributed by atoms with van der Waals surface area (Å²) in [4.78, 5) is 66.9. The average Bonchev–Trinajstić information content (AvgIpc) is 3.29. The molecule has 0 unspecified atom stereocenters. The number of amides is 4. The van der Waals surface area contributed by atoms with E-state index in [2.05, 4.69) is 0 Å². The molecule has 3 heterocycles. The van der Waals surface area contributed by atoms with E-state index in [1.165, 1.54) is 19.1 Å². The summed E-state index contributed by atoms with van der Waals surface area (Å²) in [7, 11) is 0. The van der Waals surface area contributed by atoms with E-state index >= 15 is 0 Å². The van der Waals surface area contributed by atoms with Crippen LogP contribution < -0.4 is 0 Å². The Kier molecular flexibility index (Phi) is 6.07. The Morgan fingerprint density at radius 1 is 0.973 bits per heavy atom. The van der Waals surface area contributed by atoms with Crippen LogP contribution in [0.4, 0.5) is 4.79 Å². The summed E-state index contributed by atoms with van der Waals surface area (Å²) < 4.78 is 16.5. The fourth-order valence-corrected chi connectivity index (χ4v) is 4.91. The van der Waals surface area contributed by atoms with Crippen molar-refractivity contribution in [2.45, 2.75) is 51.7 Å². The van der Waals surface area contributed by atoms with Crippen molar-refractivity contribution in [1.82, 2.24) is 9.80 Å². The number of carbonyl (C=O) groups excluding carboxylic acids is 5. The molecule has 3 aliphatic rings. The molecule has 2 aromatic carbocycles. The summed E-state index contributed by atoms with van der Waals surface area (Å²) >= 11 is 0. The molecule has 10 heteroatoms. The lowest BCUT2D eigenvalue weighted by Gasteiger charge is -2.40. The number of fused-ring (bicyclic) bond motifs is 1. The van der Waals surface area contributed by atoms with Crippen molar-refractivity contribution in [3.05, 3.63) is 71.3 Å². The highest BCUT2D eigenvalue weighted by Crippen LogP contribution is 2.38. The minimum atomic E-state index is -1.27. The highest BCUT2D eigenvalue weighted by molar-refractivity contribution is 6.23. The van der Waals surface area contributed by atoms with Gasteiger partial charge in [-0.05, 0) is 24.6 Å². The average molecular weight is 507 g/mol. The van der Waals surface area contributed by atoms with Gasteiger partial charge in [0.25, 0.3) is 17.7 Å². The number of cyclic esters (lactones) is 2. The van der Waals surface area contributed by atoms with Crippen molar-refractivity contribution >= 4 is 29.8 Å². The van der Waals surface area contributed by atoms with Crippen LogP contribution in [-0.2, 0) is 23.8 Å². The maximum absolute atomic E-state index is 13.7. The molecule has 0 radical (unpaired) electrons. The Labute approximate surface area is 213 Å². The highest BCUT2D eigenvalue weighted by atomic mass is 16.7. The monoisotopic (exact) mass is 506 g/mol. The van der Waals surface area contributed by atoms with E-state index in [9.17, 15) is 24.0 Å². The van der Waals surface area contributed by atoms with Crippen LogP contribution in [0.5, 0.6) is 0 Å². The van der Waals surface area contributed by atoms with Crippen molar-refractivity contribution in [1.29, 1.82) is 0 Å². The molecule has 37 heavy (non-hydrogen) atoms. The minimum Gasteiger partial charge on any atom is -0.463 e. The Bertz CT molecular complexity index is 1260. The van der Waals surface area contributed by atoms with Crippen LogP contribution in [0.25, 0.3) is 0 Å². The summed E-state index contributed by atoms with van der Waals surface area (Å²) in [5, 5.41) is 0. The van der Waals surface area contributed by atoms with Crippen molar-refractivity contribution in [3.8, 4) is 0 Å². The number of nitrogens with zero attached hydrogens (tertiary/aromatic N) is 2. The number of benzene rings is 2. The zero-order valence-corrected chi connectivity index (χ0v) is 20.6. The quantitative estimate of drug-likeness (QED) is 0.448. The third kappa shape index (κ3) is 4.17. The van der Waals surface area contributed by atoms with Gasteiger partial charge in [0.2, 0.25) is 6.29 Å². The van der Waals surface area contributed by atoms with Gasteiger partial charge in [-0.15, -0.1) is 0 Å². The van der Waals surface area contributed by atoms with Crippen LogP contribution in [0.2, 0.25) is 0 Å². The van der Waals surface area contributed by atoms with E-state index in [1.54, 1.807) is 42.5 Å². The molecule has 2 fully saturated rings. The van der Waals surface area contributed by atoms with Crippen LogP contribution in [0.3, 0.4) is 0 Å². The van der Waals surface area contributed by atoms with Gasteiger partial charge in [0.15, 0.2) is 6.10 Å². The Morgan fingerprint density at radius 3 is 2.14 bits per heavy atom. The Morgan fingerprint density at radius 2 is 1.57 bits per heavy atom. The van der Waals surface area contributed by atoms with Gasteiger partial charge in [-0.2, -0.15) is 0 Å². The number of hydrogen-bond donors (Lipinski definition) is 0. The van der Waals surface area contributed by atoms with Crippen LogP contribution >= 0.6 is 0 Å². The van der Waals surface area contributed by atoms with E-state index in [0.29, 0.717) is 5.56 Å². The van der Waals surface area contributed by atoms with E-state index in [1.807, 2.05) is 13.8 Å². The maximum Gasteiger partial charge on any atom is 0.419 e. The van der Waals surface area contributed by atoms with E-state index < -0.39 is 59.7 Å². The third-order valence-corrected chi connectivity index (χ3v) is 6.95. The fraction of sp³-hybridized carbons (Fsp3) is 0.370. The fourth-order valence-electron chi connectivity index (χ4n) is 4.91. The molecular formula is C27H26N2O8. The molecule has 0 saturated carbocycles. The van der Waals surface area contributed by atoms with Crippen molar-refractivity contribution in [3.63, 3.8) is 0 Å². The van der Waals surface area contributed by atoms with Gasteiger partial charge in [0.05, 0.1) is 23.8 Å². The van der Waals surface area contributed by atoms with E-state index in [4.69, 9.17) is 14.2 Å². The zero-order chi connectivity index (χ0) is 26.5. The number of ether oxygens (including phenoxy) is 3. The molecule has 192 valence electrons. The molecule has 0 spiro atoms. The van der Waals surface area contributed by atoms with Gasteiger partial charge >= 0.3 is 12.1 Å². The van der Waals surface area contributed by atoms with Crippen molar-refractivity contribution in [2.24, 2.45) is 5.41 Å². The van der Waals surface area contributed by atoms with Crippen LogP contribution in [0.15, 0.2) is 54.6 Å². The van der Waals surface area contributed by atoms with E-state index in [-0.39, 0.29) is 24.2 Å². The Balaban J connectivity index is 1.42. The lowest BCUT2D eigenvalue weighted by Crippen LogP contribution is -2.56. The van der Waals surface area contributed by atoms with Gasteiger partial charge in [0.1, 0.15) is 6.04 Å². The topological polar surface area (TPSA) is 120 Å². The molecule has 0 bridgehead atoms. The smallest absolute Gasteiger partial charge is 0.419 e. The molecule has 0 aliphatic carbocycles. The SMILES string of the molecule is C[C@@H](C(=O)N1C(=O)O[C@@H](O[C@H]2C(=O)OCC2(C)C)C[C@@H]1c1ccccc1)N1C(=O)c2ccccc2C1=O. The molecular weight excluding hydrogens is 480 g/mol. The molecule has 5 rings (SSSR count). The second kappa shape index (κ2) is 9.11. The summed E-state index contributed by atoms with van der Waals surface area (Å²) in [5.74, 6) is -2.53. The summed E-state index contributed by atoms with van der Waals surface area (Å²) in [6, 6.07) is 13.0. The molecule has 2 saturated heterocycles. The largest absolute Gasteiger partial charge is 0.463 e. The number of hydrogen-bond acceptors (Lipinski definition) is 8. The number of rotatable bonds is 5. The van der Waals surface area contributed by atoms with Crippen LogP contribution in [-0.4, -0.2) is 64.6 Å². The highest BCUT2D eigenvalue weighted by Gasteiger charge is 2.50. The minimum absolute atomic E-state index is 0.0379. The first-order valence-electron chi connectivity index (χ1n) is 12.0. The standard InChI is InChI=1S/C27H26N2O8/c1-15(28-23(31)17-11-7-8-12-18(17)24(28)32)22(30)29-19(16-9-5-4-6-10-16)13-20(37-26(29)34)36-21-25(33)35-14-27(21,2)3/h4-12,15,19-21H,13-14H2,1-3H3/t15-,19+,20+,21-/m0/s1. The van der Waals surface area contributed by atoms with Gasteiger partial charge in [-0.3, -0.25) is 19.3 Å². The lowest BCUT2D eigenvalue weighted by atomic mass is 9.89. The molecule has 0 N–H and O–H groups in total. The van der Waals surface area contributed by atoms with Gasteiger partial charge < -0.3 is 14.2 Å². The molecule has 3 aliphatic heterocycles. The molecule has 4 atom stereocenters. The molecule has 0 aromatic heterocycles. The normalized spacial score (nSPS) is 25.5. The summed E-state index contributed by atoms with van der Waals surface area (Å²) in [5.41, 5.74) is 0.405. The van der Waals surface area contributed by atoms with E-state index in [0.717, 1.165) is 9.80 Å². The van der Waals surface area contributed by atoms with Crippen LogP contribution in [0.1, 0.15) is 59.5 Å². The first-order chi connectivity index (χ1) is 17.6. The zero-order valence-electron chi connectivity index (χ0n) is 20.6. The number of esters is 1. The van der Waals surface area contributed by atoms with Crippen molar-refractivity contribution < 1.29 is 38.2 Å². The van der Waals surface area contributed by atoms with Crippen molar-refractivity contribution in [2.75, 3.05) is 6.61 Å². The second-order valence-corrected chi connectivity index (χ2v) is 10.00. The molecule has 2 aromatic rings. The summed E-state index contributed by atoms with van der Waals surface area (Å²) in [6.45, 7) is 5.18. The Hall–Kier alpha value is -4.05. The second-order valence-electron chi connectivity index (χ2n) is 10.00. The van der Waals surface area contributed by atoms with Crippen LogP contribution in [0, 0.1) is 5.41 Å². The molecule has 4 amide bonds. The summed E-state index contributed by atoms with van der Waals surface area (Å²) in [6.07, 6.45) is -3.02. The number of carbonyl (C=O) groups is 5. The first kappa shape index (κ1) is 24.6. The predicted octanol–water partition coefficient (Wildman–Crippen LogP) is 3.08. The lowest BCUT2D eigenvalue weighted by molar-refractivity contribution is -0.196. The number of imide groups is 2. The third-order valence-electron chi connectivity index (χ3n) is 6.95. The molecule has 10 nitrogen and oxygen atoms in total. The van der Waals surface area contributed by atoms with Gasteiger partial charge in [-0.25, -0.2) is 14.5 Å². The first-order valence-corrected chi connectivity index (χ1v) is 12.0. The maximum atomic E-state index is 13.7. The van der Waals surface area contributed by atoms with Gasteiger partial charge in [-0.1, -0.05) is 56.3 Å². The van der Waals surface area contributed by atoms with Gasteiger partial charge in [0, 0.05) is 11.8 Å². The predicted molar refractivity (Wildman–Crippen MR) is 127 cm³/mol.